The van der Waals surface area contributed by atoms with Crippen molar-refractivity contribution >= 4 is 30.5 Å². The molecule has 2 nitrogen and oxygen atoms in total. The van der Waals surface area contributed by atoms with Gasteiger partial charge >= 0.3 is 0 Å². The van der Waals surface area contributed by atoms with Crippen molar-refractivity contribution in [2.45, 2.75) is 5.03 Å². The molecule has 0 aliphatic carbocycles. The van der Waals surface area contributed by atoms with E-state index >= 15 is 0 Å². The predicted octanol–water partition coefficient (Wildman–Crippen LogP) is 1.62. The number of aromatic amines is 1. The Bertz CT molecular complexity index is 243. The number of hydrogen-bond acceptors (Lipinski definition) is 3. The van der Waals surface area contributed by atoms with Gasteiger partial charge in [0, 0.05) is 5.69 Å². The van der Waals surface area contributed by atoms with Crippen LogP contribution in [0.25, 0.3) is 0 Å². The Balaban J connectivity index is 3.33. The Morgan fingerprint density at radius 3 is 2.67 bits per heavy atom. The Morgan fingerprint density at radius 2 is 2.22 bits per heavy atom. The summed E-state index contributed by atoms with van der Waals surface area (Å²) in [5.74, 6) is 0. The minimum absolute atomic E-state index is 0.611. The van der Waals surface area contributed by atoms with Crippen molar-refractivity contribution in [2.24, 2.45) is 0 Å². The molecule has 3 N–H and O–H groups in total. The van der Waals surface area contributed by atoms with E-state index in [1.165, 1.54) is 0 Å². The van der Waals surface area contributed by atoms with Crippen molar-refractivity contribution in [1.29, 1.82) is 0 Å². The maximum Gasteiger partial charge on any atom is 0.106 e. The Morgan fingerprint density at radius 1 is 1.56 bits per heavy atom. The minimum Gasteiger partial charge on any atom is -0.399 e. The summed E-state index contributed by atoms with van der Waals surface area (Å²) in [6.45, 7) is 0. The van der Waals surface area contributed by atoms with Crippen LogP contribution in [-0.2, 0) is 0 Å². The molecule has 0 amide bonds. The second-order valence-electron chi connectivity index (χ2n) is 1.66. The van der Waals surface area contributed by atoms with Gasteiger partial charge in [0.1, 0.15) is 4.64 Å². The highest BCUT2D eigenvalue weighted by Gasteiger charge is 1.85. The van der Waals surface area contributed by atoms with Crippen LogP contribution in [0, 0.1) is 4.64 Å². The van der Waals surface area contributed by atoms with Gasteiger partial charge in [-0.05, 0) is 12.1 Å². The highest BCUT2D eigenvalue weighted by atomic mass is 32.1. The summed E-state index contributed by atoms with van der Waals surface area (Å²) in [5.41, 5.74) is 6.07. The second-order valence-corrected chi connectivity index (χ2v) is 2.58. The fourth-order valence-corrected chi connectivity index (χ4v) is 1.14. The lowest BCUT2D eigenvalue weighted by molar-refractivity contribution is 1.13. The van der Waals surface area contributed by atoms with E-state index < -0.39 is 0 Å². The lowest BCUT2D eigenvalue weighted by Crippen LogP contribution is -1.85. The zero-order chi connectivity index (χ0) is 6.85. The monoisotopic (exact) mass is 158 g/mol. The zero-order valence-electron chi connectivity index (χ0n) is 4.59. The van der Waals surface area contributed by atoms with E-state index in [1.54, 1.807) is 12.1 Å². The van der Waals surface area contributed by atoms with Crippen molar-refractivity contribution in [1.82, 2.24) is 4.98 Å². The first-order valence-electron chi connectivity index (χ1n) is 2.37. The smallest absolute Gasteiger partial charge is 0.106 e. The Labute approximate surface area is 63.5 Å². The molecule has 0 saturated heterocycles. The van der Waals surface area contributed by atoms with Gasteiger partial charge in [-0.3, -0.25) is 0 Å². The third-order valence-electron chi connectivity index (χ3n) is 0.852. The first-order chi connectivity index (χ1) is 4.18. The third kappa shape index (κ3) is 1.73. The van der Waals surface area contributed by atoms with Gasteiger partial charge in [0.05, 0.1) is 5.03 Å². The number of nitrogen functional groups attached to an aromatic ring is 1. The highest BCUT2D eigenvalue weighted by Crippen LogP contribution is 2.06. The Kier molecular flexibility index (Phi) is 1.78. The van der Waals surface area contributed by atoms with Crippen molar-refractivity contribution < 1.29 is 0 Å². The van der Waals surface area contributed by atoms with Gasteiger partial charge in [0.25, 0.3) is 0 Å². The number of anilines is 1. The van der Waals surface area contributed by atoms with Crippen LogP contribution in [-0.4, -0.2) is 4.98 Å². The molecule has 1 aromatic heterocycles. The van der Waals surface area contributed by atoms with Gasteiger partial charge in [-0.15, -0.1) is 12.6 Å². The first kappa shape index (κ1) is 6.64. The summed E-state index contributed by atoms with van der Waals surface area (Å²) in [5, 5.41) is 0.694. The summed E-state index contributed by atoms with van der Waals surface area (Å²) >= 11 is 8.82. The summed E-state index contributed by atoms with van der Waals surface area (Å²) in [6.07, 6.45) is 0. The maximum atomic E-state index is 5.42. The molecule has 0 aromatic carbocycles. The van der Waals surface area contributed by atoms with Crippen LogP contribution >= 0.6 is 24.8 Å². The number of thiol groups is 1. The molecule has 4 heteroatoms. The third-order valence-corrected chi connectivity index (χ3v) is 1.31. The average molecular weight is 158 g/mol. The molecule has 0 fully saturated rings. The first-order valence-corrected chi connectivity index (χ1v) is 3.23. The highest BCUT2D eigenvalue weighted by molar-refractivity contribution is 7.80. The molecular weight excluding hydrogens is 152 g/mol. The van der Waals surface area contributed by atoms with Gasteiger partial charge in [0.2, 0.25) is 0 Å². The van der Waals surface area contributed by atoms with E-state index in [9.17, 15) is 0 Å². The molecule has 0 saturated carbocycles. The number of nitrogens with one attached hydrogen (secondary N) is 1. The fraction of sp³-hybridized carbons (Fsp3) is 0. The molecule has 0 radical (unpaired) electrons. The summed E-state index contributed by atoms with van der Waals surface area (Å²) in [4.78, 5) is 2.81. The summed E-state index contributed by atoms with van der Waals surface area (Å²) in [7, 11) is 0. The van der Waals surface area contributed by atoms with Crippen LogP contribution in [0.2, 0.25) is 0 Å². The number of pyridine rings is 1. The quantitative estimate of drug-likeness (QED) is 0.396. The largest absolute Gasteiger partial charge is 0.399 e. The van der Waals surface area contributed by atoms with E-state index in [1.807, 2.05) is 0 Å². The molecule has 0 atom stereocenters. The van der Waals surface area contributed by atoms with Gasteiger partial charge in [0.15, 0.2) is 0 Å². The van der Waals surface area contributed by atoms with Crippen LogP contribution in [0.15, 0.2) is 17.2 Å². The van der Waals surface area contributed by atoms with E-state index in [-0.39, 0.29) is 0 Å². The topological polar surface area (TPSA) is 41.8 Å². The van der Waals surface area contributed by atoms with Crippen LogP contribution in [0.1, 0.15) is 0 Å². The maximum absolute atomic E-state index is 5.42. The molecule has 0 unspecified atom stereocenters. The van der Waals surface area contributed by atoms with E-state index in [0.29, 0.717) is 15.4 Å². The van der Waals surface area contributed by atoms with Crippen molar-refractivity contribution in [3.8, 4) is 0 Å². The van der Waals surface area contributed by atoms with Crippen LogP contribution in [0.3, 0.4) is 0 Å². The zero-order valence-corrected chi connectivity index (χ0v) is 6.30. The molecule has 0 aliphatic rings. The van der Waals surface area contributed by atoms with Crippen molar-refractivity contribution in [2.75, 3.05) is 5.73 Å². The number of aromatic nitrogens is 1. The van der Waals surface area contributed by atoms with Crippen LogP contribution in [0.4, 0.5) is 5.69 Å². The fourth-order valence-electron chi connectivity index (χ4n) is 0.549. The number of H-pyrrole nitrogens is 1. The van der Waals surface area contributed by atoms with Crippen LogP contribution in [0.5, 0.6) is 0 Å². The van der Waals surface area contributed by atoms with Crippen molar-refractivity contribution in [3.63, 3.8) is 0 Å². The molecule has 9 heavy (non-hydrogen) atoms. The lowest BCUT2D eigenvalue weighted by atomic mass is 10.4. The Hall–Kier alpha value is -0.480. The average Bonchev–Trinajstić information content (AvgIpc) is 1.59. The molecule has 0 bridgehead atoms. The predicted molar refractivity (Wildman–Crippen MR) is 43.3 cm³/mol. The second kappa shape index (κ2) is 2.41. The molecule has 0 aliphatic heterocycles. The van der Waals surface area contributed by atoms with Gasteiger partial charge < -0.3 is 10.7 Å². The summed E-state index contributed by atoms with van der Waals surface area (Å²) in [6, 6.07) is 3.38. The number of nitrogens with two attached hydrogens (primary N) is 1. The van der Waals surface area contributed by atoms with Crippen LogP contribution < -0.4 is 5.73 Å². The van der Waals surface area contributed by atoms with Gasteiger partial charge in [-0.2, -0.15) is 0 Å². The molecular formula is C5H6N2S2. The van der Waals surface area contributed by atoms with Crippen molar-refractivity contribution in [3.05, 3.63) is 16.8 Å². The number of hydrogen-bond donors (Lipinski definition) is 3. The molecule has 0 spiro atoms. The van der Waals surface area contributed by atoms with E-state index in [4.69, 9.17) is 18.0 Å². The van der Waals surface area contributed by atoms with E-state index in [0.717, 1.165) is 0 Å². The molecule has 1 rings (SSSR count). The van der Waals surface area contributed by atoms with Gasteiger partial charge in [-0.1, -0.05) is 12.2 Å². The SMILES string of the molecule is Nc1cc(S)[nH]c(=S)c1. The standard InChI is InChI=1S/C5H6N2S2/c6-3-1-4(8)7-5(9)2-3/h1-2H,(H4,6,7,8,9). The minimum atomic E-state index is 0.611. The normalized spacial score (nSPS) is 9.44. The molecule has 1 aromatic rings. The van der Waals surface area contributed by atoms with Gasteiger partial charge in [-0.25, -0.2) is 0 Å². The summed E-state index contributed by atoms with van der Waals surface area (Å²) < 4.78 is 0.611. The molecule has 1 heterocycles. The number of rotatable bonds is 0. The molecule has 48 valence electrons. The lowest BCUT2D eigenvalue weighted by Gasteiger charge is -1.92. The van der Waals surface area contributed by atoms with E-state index in [2.05, 4.69) is 17.6 Å².